The molecule has 0 fully saturated rings. The molecule has 1 unspecified atom stereocenters. The molecule has 2 aromatic rings. The highest BCUT2D eigenvalue weighted by Gasteiger charge is 2.10. The Balaban J connectivity index is 1.92. The Bertz CT molecular complexity index is 522. The number of nitrogens with one attached hydrogen (secondary N) is 1. The van der Waals surface area contributed by atoms with E-state index in [0.29, 0.717) is 18.0 Å². The highest BCUT2D eigenvalue weighted by molar-refractivity contribution is 6.17. The van der Waals surface area contributed by atoms with Crippen LogP contribution in [0.15, 0.2) is 42.7 Å². The first-order valence-corrected chi connectivity index (χ1v) is 6.65. The van der Waals surface area contributed by atoms with Crippen LogP contribution in [0.25, 0.3) is 0 Å². The minimum absolute atomic E-state index is 0.0140. The lowest BCUT2D eigenvalue weighted by Crippen LogP contribution is -2.35. The summed E-state index contributed by atoms with van der Waals surface area (Å²) in [5.74, 6) is 0.373. The van der Waals surface area contributed by atoms with E-state index in [1.807, 2.05) is 31.3 Å². The smallest absolute Gasteiger partial charge is 0.251 e. The van der Waals surface area contributed by atoms with Gasteiger partial charge in [-0.1, -0.05) is 12.1 Å². The van der Waals surface area contributed by atoms with Crippen LogP contribution in [0.1, 0.15) is 22.8 Å². The molecule has 0 radical (unpaired) electrons. The van der Waals surface area contributed by atoms with E-state index < -0.39 is 0 Å². The first kappa shape index (κ1) is 13.6. The van der Waals surface area contributed by atoms with E-state index in [-0.39, 0.29) is 11.9 Å². The quantitative estimate of drug-likeness (QED) is 0.854. The number of nitrogens with zero attached hydrogens (tertiary/aromatic N) is 2. The number of carbonyl (C=O) groups excluding carboxylic acids is 1. The molecule has 19 heavy (non-hydrogen) atoms. The monoisotopic (exact) mass is 277 g/mol. The molecule has 1 atom stereocenters. The van der Waals surface area contributed by atoms with Crippen molar-refractivity contribution >= 4 is 17.5 Å². The Kier molecular flexibility index (Phi) is 4.58. The number of hydrogen-bond donors (Lipinski definition) is 1. The third kappa shape index (κ3) is 3.83. The van der Waals surface area contributed by atoms with Gasteiger partial charge in [-0.05, 0) is 30.7 Å². The molecule has 0 saturated heterocycles. The highest BCUT2D eigenvalue weighted by Crippen LogP contribution is 2.07. The van der Waals surface area contributed by atoms with Crippen molar-refractivity contribution in [2.45, 2.75) is 25.4 Å². The molecule has 2 rings (SSSR count). The van der Waals surface area contributed by atoms with Gasteiger partial charge in [-0.15, -0.1) is 11.6 Å². The molecule has 1 amide bonds. The molecule has 1 N–H and O–H groups in total. The van der Waals surface area contributed by atoms with Crippen molar-refractivity contribution in [1.29, 1.82) is 0 Å². The molecule has 1 aromatic carbocycles. The van der Waals surface area contributed by atoms with Crippen molar-refractivity contribution in [2.75, 3.05) is 0 Å². The Hall–Kier alpha value is -1.81. The van der Waals surface area contributed by atoms with Gasteiger partial charge in [0.1, 0.15) is 0 Å². The maximum absolute atomic E-state index is 12.0. The number of amides is 1. The van der Waals surface area contributed by atoms with E-state index in [0.717, 1.165) is 5.56 Å². The van der Waals surface area contributed by atoms with Crippen LogP contribution in [0.2, 0.25) is 0 Å². The average molecular weight is 278 g/mol. The topological polar surface area (TPSA) is 46.9 Å². The predicted molar refractivity (Wildman–Crippen MR) is 75.2 cm³/mol. The van der Waals surface area contributed by atoms with Crippen molar-refractivity contribution in [1.82, 2.24) is 15.1 Å². The average Bonchev–Trinajstić information content (AvgIpc) is 2.91. The Morgan fingerprint density at radius 1 is 1.42 bits per heavy atom. The van der Waals surface area contributed by atoms with Gasteiger partial charge < -0.3 is 5.32 Å². The molecule has 0 aliphatic rings. The van der Waals surface area contributed by atoms with Gasteiger partial charge in [0.25, 0.3) is 5.91 Å². The Morgan fingerprint density at radius 2 is 2.16 bits per heavy atom. The summed E-state index contributed by atoms with van der Waals surface area (Å²) in [6.07, 6.45) is 3.59. The molecule has 0 bridgehead atoms. The van der Waals surface area contributed by atoms with Crippen molar-refractivity contribution in [2.24, 2.45) is 0 Å². The first-order valence-electron chi connectivity index (χ1n) is 6.12. The van der Waals surface area contributed by atoms with Gasteiger partial charge in [-0.25, -0.2) is 0 Å². The molecular weight excluding hydrogens is 262 g/mol. The zero-order valence-electron chi connectivity index (χ0n) is 10.7. The second-order valence-corrected chi connectivity index (χ2v) is 4.70. The molecule has 0 spiro atoms. The van der Waals surface area contributed by atoms with Crippen LogP contribution >= 0.6 is 11.6 Å². The van der Waals surface area contributed by atoms with Gasteiger partial charge in [-0.2, -0.15) is 5.10 Å². The maximum atomic E-state index is 12.0. The van der Waals surface area contributed by atoms with E-state index >= 15 is 0 Å². The largest absolute Gasteiger partial charge is 0.348 e. The normalized spacial score (nSPS) is 12.1. The summed E-state index contributed by atoms with van der Waals surface area (Å²) in [5.41, 5.74) is 1.64. The predicted octanol–water partition coefficient (Wildman–Crippen LogP) is 2.44. The summed E-state index contributed by atoms with van der Waals surface area (Å²) in [6.45, 7) is 2.60. The number of aromatic nitrogens is 2. The molecular formula is C14H16ClN3O. The zero-order valence-corrected chi connectivity index (χ0v) is 11.5. The lowest BCUT2D eigenvalue weighted by atomic mass is 10.1. The number of halogens is 1. The summed E-state index contributed by atoms with van der Waals surface area (Å²) in [4.78, 5) is 12.0. The number of benzene rings is 1. The molecule has 0 aliphatic carbocycles. The van der Waals surface area contributed by atoms with Gasteiger partial charge in [0.2, 0.25) is 0 Å². The molecule has 0 aliphatic heterocycles. The molecule has 5 heteroatoms. The van der Waals surface area contributed by atoms with Crippen LogP contribution in [0, 0.1) is 0 Å². The second kappa shape index (κ2) is 6.38. The fraction of sp³-hybridized carbons (Fsp3) is 0.286. The minimum Gasteiger partial charge on any atom is -0.348 e. The summed E-state index contributed by atoms with van der Waals surface area (Å²) < 4.78 is 1.79. The Morgan fingerprint density at radius 3 is 2.74 bits per heavy atom. The third-order valence-corrected chi connectivity index (χ3v) is 3.08. The first-order chi connectivity index (χ1) is 9.19. The summed E-state index contributed by atoms with van der Waals surface area (Å²) in [6, 6.07) is 9.17. The zero-order chi connectivity index (χ0) is 13.7. The summed E-state index contributed by atoms with van der Waals surface area (Å²) in [5, 5.41) is 7.05. The summed E-state index contributed by atoms with van der Waals surface area (Å²) in [7, 11) is 0. The van der Waals surface area contributed by atoms with Crippen molar-refractivity contribution in [3.8, 4) is 0 Å². The molecule has 1 aromatic heterocycles. The second-order valence-electron chi connectivity index (χ2n) is 4.43. The van der Waals surface area contributed by atoms with Gasteiger partial charge in [0.15, 0.2) is 0 Å². The van der Waals surface area contributed by atoms with Crippen molar-refractivity contribution < 1.29 is 4.79 Å². The van der Waals surface area contributed by atoms with Crippen LogP contribution in [-0.2, 0) is 12.4 Å². The van der Waals surface area contributed by atoms with Gasteiger partial charge in [-0.3, -0.25) is 9.48 Å². The van der Waals surface area contributed by atoms with E-state index in [1.54, 1.807) is 23.0 Å². The fourth-order valence-electron chi connectivity index (χ4n) is 1.79. The van der Waals surface area contributed by atoms with Crippen molar-refractivity contribution in [3.63, 3.8) is 0 Å². The minimum atomic E-state index is -0.0826. The number of hydrogen-bond acceptors (Lipinski definition) is 2. The Labute approximate surface area is 117 Å². The number of alkyl halides is 1. The van der Waals surface area contributed by atoms with Crippen LogP contribution < -0.4 is 5.32 Å². The van der Waals surface area contributed by atoms with Gasteiger partial charge in [0, 0.05) is 29.9 Å². The van der Waals surface area contributed by atoms with Gasteiger partial charge in [0.05, 0.1) is 6.54 Å². The standard InChI is InChI=1S/C14H16ClN3O/c1-11(10-18-8-2-7-16-18)17-14(19)13-5-3-12(9-15)4-6-13/h2-8,11H,9-10H2,1H3,(H,17,19). The summed E-state index contributed by atoms with van der Waals surface area (Å²) >= 11 is 5.71. The lowest BCUT2D eigenvalue weighted by Gasteiger charge is -2.14. The highest BCUT2D eigenvalue weighted by atomic mass is 35.5. The van der Waals surface area contributed by atoms with Crippen LogP contribution in [0.5, 0.6) is 0 Å². The van der Waals surface area contributed by atoms with E-state index in [1.165, 1.54) is 0 Å². The van der Waals surface area contributed by atoms with Crippen LogP contribution in [-0.4, -0.2) is 21.7 Å². The fourth-order valence-corrected chi connectivity index (χ4v) is 1.97. The maximum Gasteiger partial charge on any atom is 0.251 e. The van der Waals surface area contributed by atoms with Crippen LogP contribution in [0.4, 0.5) is 0 Å². The van der Waals surface area contributed by atoms with Crippen LogP contribution in [0.3, 0.4) is 0 Å². The number of carbonyl (C=O) groups is 1. The van der Waals surface area contributed by atoms with Gasteiger partial charge >= 0.3 is 0 Å². The molecule has 0 saturated carbocycles. The molecule has 100 valence electrons. The van der Waals surface area contributed by atoms with Crippen molar-refractivity contribution in [3.05, 3.63) is 53.9 Å². The van der Waals surface area contributed by atoms with E-state index in [9.17, 15) is 4.79 Å². The molecule has 4 nitrogen and oxygen atoms in total. The lowest BCUT2D eigenvalue weighted by molar-refractivity contribution is 0.0936. The third-order valence-electron chi connectivity index (χ3n) is 2.77. The number of rotatable bonds is 5. The van der Waals surface area contributed by atoms with E-state index in [2.05, 4.69) is 10.4 Å². The molecule has 1 heterocycles. The van der Waals surface area contributed by atoms with E-state index in [4.69, 9.17) is 11.6 Å². The SMILES string of the molecule is CC(Cn1cccn1)NC(=O)c1ccc(CCl)cc1.